The summed E-state index contributed by atoms with van der Waals surface area (Å²) in [5.41, 5.74) is 1.37. The summed E-state index contributed by atoms with van der Waals surface area (Å²) >= 11 is 5.96. The van der Waals surface area contributed by atoms with Gasteiger partial charge in [0.15, 0.2) is 0 Å². The van der Waals surface area contributed by atoms with Gasteiger partial charge in [-0.1, -0.05) is 44.5 Å². The Morgan fingerprint density at radius 1 is 1.36 bits per heavy atom. The highest BCUT2D eigenvalue weighted by Crippen LogP contribution is 2.27. The molecule has 0 aromatic rings. The molecule has 1 rings (SSSR count). The molecule has 0 aromatic heterocycles. The summed E-state index contributed by atoms with van der Waals surface area (Å²) in [5, 5.41) is 0.718. The van der Waals surface area contributed by atoms with Gasteiger partial charge in [-0.05, 0) is 23.8 Å². The lowest BCUT2D eigenvalue weighted by Gasteiger charge is -2.19. The van der Waals surface area contributed by atoms with E-state index >= 15 is 0 Å². The highest BCUT2D eigenvalue weighted by Gasteiger charge is 2.14. The lowest BCUT2D eigenvalue weighted by atomic mass is 9.87. The molecule has 0 radical (unpaired) electrons. The van der Waals surface area contributed by atoms with Gasteiger partial charge in [-0.2, -0.15) is 0 Å². The molecule has 0 saturated carbocycles. The lowest BCUT2D eigenvalue weighted by molar-refractivity contribution is 0.515. The van der Waals surface area contributed by atoms with E-state index in [0.29, 0.717) is 0 Å². The van der Waals surface area contributed by atoms with Crippen molar-refractivity contribution in [3.05, 3.63) is 23.9 Å². The van der Waals surface area contributed by atoms with Gasteiger partial charge in [0.1, 0.15) is 5.17 Å². The van der Waals surface area contributed by atoms with Gasteiger partial charge in [0.2, 0.25) is 0 Å². The first-order valence-electron chi connectivity index (χ1n) is 5.09. The Labute approximate surface area is 91.6 Å². The van der Waals surface area contributed by atoms with Crippen LogP contribution in [0.5, 0.6) is 0 Å². The van der Waals surface area contributed by atoms with Gasteiger partial charge < -0.3 is 0 Å². The Bertz CT molecular complexity index is 279. The fourth-order valence-corrected chi connectivity index (χ4v) is 1.45. The molecule has 0 amide bonds. The summed E-state index contributed by atoms with van der Waals surface area (Å²) < 4.78 is 0. The van der Waals surface area contributed by atoms with Crippen molar-refractivity contribution in [1.29, 1.82) is 0 Å². The Hall–Kier alpha value is -0.560. The molecule has 1 nitrogen and oxygen atoms in total. The summed E-state index contributed by atoms with van der Waals surface area (Å²) in [6, 6.07) is 0. The zero-order valence-corrected chi connectivity index (χ0v) is 9.93. The molecular weight excluding hydrogens is 194 g/mol. The molecule has 0 spiro atoms. The van der Waals surface area contributed by atoms with Crippen LogP contribution in [0.15, 0.2) is 28.9 Å². The summed E-state index contributed by atoms with van der Waals surface area (Å²) in [7, 11) is 0. The lowest BCUT2D eigenvalue weighted by Crippen LogP contribution is -2.07. The van der Waals surface area contributed by atoms with Crippen LogP contribution in [0.3, 0.4) is 0 Å². The van der Waals surface area contributed by atoms with Crippen LogP contribution in [-0.2, 0) is 0 Å². The van der Waals surface area contributed by atoms with Crippen LogP contribution in [0.2, 0.25) is 0 Å². The maximum atomic E-state index is 5.96. The molecule has 0 aromatic carbocycles. The number of hydrogen-bond donors (Lipinski definition) is 0. The maximum absolute atomic E-state index is 5.96. The predicted octanol–water partition coefficient (Wildman–Crippen LogP) is 4.29. The second kappa shape index (κ2) is 4.79. The molecule has 14 heavy (non-hydrogen) atoms. The molecule has 0 N–H and O–H groups in total. The molecule has 2 heteroatoms. The van der Waals surface area contributed by atoms with Gasteiger partial charge in [-0.15, -0.1) is 0 Å². The number of hydrogen-bond acceptors (Lipinski definition) is 1. The SMILES string of the molecule is CC(C)(C)C1=CN=C(Cl)CCCC=C1. The topological polar surface area (TPSA) is 12.4 Å². The smallest absolute Gasteiger partial charge is 0.106 e. The van der Waals surface area contributed by atoms with Gasteiger partial charge in [-0.25, -0.2) is 4.99 Å². The van der Waals surface area contributed by atoms with E-state index in [4.69, 9.17) is 11.6 Å². The zero-order chi connectivity index (χ0) is 10.6. The molecule has 0 saturated heterocycles. The van der Waals surface area contributed by atoms with Crippen LogP contribution in [0, 0.1) is 5.41 Å². The first-order valence-corrected chi connectivity index (χ1v) is 5.47. The van der Waals surface area contributed by atoms with Crippen molar-refractivity contribution in [2.45, 2.75) is 40.0 Å². The fourth-order valence-electron chi connectivity index (χ4n) is 1.27. The van der Waals surface area contributed by atoms with Crippen LogP contribution in [-0.4, -0.2) is 5.17 Å². The molecule has 0 fully saturated rings. The van der Waals surface area contributed by atoms with Gasteiger partial charge >= 0.3 is 0 Å². The Balaban J connectivity index is 2.94. The van der Waals surface area contributed by atoms with E-state index in [1.165, 1.54) is 5.57 Å². The van der Waals surface area contributed by atoms with E-state index in [-0.39, 0.29) is 5.41 Å². The zero-order valence-electron chi connectivity index (χ0n) is 9.18. The third kappa shape index (κ3) is 3.67. The number of allylic oxidation sites excluding steroid dienone is 3. The summed E-state index contributed by atoms with van der Waals surface area (Å²) in [4.78, 5) is 4.26. The minimum Gasteiger partial charge on any atom is -0.249 e. The van der Waals surface area contributed by atoms with E-state index < -0.39 is 0 Å². The molecule has 0 bridgehead atoms. The minimum absolute atomic E-state index is 0.140. The van der Waals surface area contributed by atoms with Crippen molar-refractivity contribution in [2.75, 3.05) is 0 Å². The molecule has 1 aliphatic heterocycles. The van der Waals surface area contributed by atoms with Crippen LogP contribution >= 0.6 is 11.6 Å². The van der Waals surface area contributed by atoms with Crippen LogP contribution in [0.1, 0.15) is 40.0 Å². The van der Waals surface area contributed by atoms with E-state index in [1.807, 2.05) is 6.20 Å². The van der Waals surface area contributed by atoms with Crippen LogP contribution < -0.4 is 0 Å². The van der Waals surface area contributed by atoms with E-state index in [9.17, 15) is 0 Å². The highest BCUT2D eigenvalue weighted by atomic mass is 35.5. The first kappa shape index (κ1) is 11.5. The largest absolute Gasteiger partial charge is 0.249 e. The number of rotatable bonds is 0. The second-order valence-electron chi connectivity index (χ2n) is 4.63. The van der Waals surface area contributed by atoms with Crippen LogP contribution in [0.4, 0.5) is 0 Å². The quantitative estimate of drug-likeness (QED) is 0.567. The molecule has 0 aliphatic carbocycles. The Kier molecular flexibility index (Phi) is 3.94. The van der Waals surface area contributed by atoms with Crippen molar-refractivity contribution in [3.63, 3.8) is 0 Å². The molecule has 1 aliphatic rings. The third-order valence-corrected chi connectivity index (χ3v) is 2.55. The van der Waals surface area contributed by atoms with Gasteiger partial charge in [-0.3, -0.25) is 0 Å². The summed E-state index contributed by atoms with van der Waals surface area (Å²) in [5.74, 6) is 0. The monoisotopic (exact) mass is 211 g/mol. The van der Waals surface area contributed by atoms with E-state index in [0.717, 1.165) is 24.4 Å². The molecule has 0 atom stereocenters. The minimum atomic E-state index is 0.140. The van der Waals surface area contributed by atoms with E-state index in [2.05, 4.69) is 37.9 Å². The van der Waals surface area contributed by atoms with Crippen LogP contribution in [0.25, 0.3) is 0 Å². The number of halogens is 1. The van der Waals surface area contributed by atoms with Gasteiger partial charge in [0.25, 0.3) is 0 Å². The highest BCUT2D eigenvalue weighted by molar-refractivity contribution is 6.65. The van der Waals surface area contributed by atoms with Crippen molar-refractivity contribution in [2.24, 2.45) is 10.4 Å². The van der Waals surface area contributed by atoms with Crippen molar-refractivity contribution < 1.29 is 0 Å². The third-order valence-electron chi connectivity index (χ3n) is 2.26. The normalized spacial score (nSPS) is 19.1. The predicted molar refractivity (Wildman–Crippen MR) is 63.8 cm³/mol. The molecule has 78 valence electrons. The molecular formula is C12H18ClN. The average Bonchev–Trinajstić information content (AvgIpc) is 2.15. The van der Waals surface area contributed by atoms with Gasteiger partial charge in [0.05, 0.1) is 0 Å². The number of nitrogens with zero attached hydrogens (tertiary/aromatic N) is 1. The van der Waals surface area contributed by atoms with Crippen molar-refractivity contribution >= 4 is 16.8 Å². The van der Waals surface area contributed by atoms with Crippen molar-refractivity contribution in [3.8, 4) is 0 Å². The van der Waals surface area contributed by atoms with Gasteiger partial charge in [0, 0.05) is 12.6 Å². The fraction of sp³-hybridized carbons (Fsp3) is 0.583. The standard InChI is InChI=1S/C12H18ClN/c1-12(2,3)10-7-5-4-6-8-11(13)14-9-10/h5,7,9H,4,6,8H2,1-3H3. The summed E-state index contributed by atoms with van der Waals surface area (Å²) in [6.07, 6.45) is 9.33. The summed E-state index contributed by atoms with van der Waals surface area (Å²) in [6.45, 7) is 6.56. The average molecular weight is 212 g/mol. The van der Waals surface area contributed by atoms with Crippen molar-refractivity contribution in [1.82, 2.24) is 0 Å². The number of aliphatic imine (C=N–C) groups is 1. The maximum Gasteiger partial charge on any atom is 0.106 e. The first-order chi connectivity index (χ1) is 6.50. The Morgan fingerprint density at radius 3 is 2.71 bits per heavy atom. The molecule has 1 heterocycles. The Morgan fingerprint density at radius 2 is 2.07 bits per heavy atom. The van der Waals surface area contributed by atoms with E-state index in [1.54, 1.807) is 0 Å². The second-order valence-corrected chi connectivity index (χ2v) is 5.07. The molecule has 0 unspecified atom stereocenters.